The van der Waals surface area contributed by atoms with Crippen LogP contribution < -0.4 is 9.62 Å². The summed E-state index contributed by atoms with van der Waals surface area (Å²) < 4.78 is 24.7. The molecule has 2 rings (SSSR count). The van der Waals surface area contributed by atoms with Crippen LogP contribution in [0, 0.1) is 18.3 Å². The summed E-state index contributed by atoms with van der Waals surface area (Å²) in [6.07, 6.45) is 2.68. The van der Waals surface area contributed by atoms with Crippen molar-refractivity contribution in [2.75, 3.05) is 31.3 Å². The van der Waals surface area contributed by atoms with E-state index in [1.54, 1.807) is 6.20 Å². The van der Waals surface area contributed by atoms with Crippen LogP contribution in [0.15, 0.2) is 24.4 Å². The molecule has 0 bridgehead atoms. The summed E-state index contributed by atoms with van der Waals surface area (Å²) in [7, 11) is -1.39. The van der Waals surface area contributed by atoms with Crippen molar-refractivity contribution in [3.63, 3.8) is 0 Å². The van der Waals surface area contributed by atoms with E-state index < -0.39 is 10.0 Å². The Labute approximate surface area is 130 Å². The van der Waals surface area contributed by atoms with Gasteiger partial charge in [-0.15, -0.1) is 0 Å². The number of rotatable bonds is 5. The number of aromatic nitrogens is 1. The number of para-hydroxylation sites is 1. The normalized spacial score (nSPS) is 11.4. The molecule has 0 saturated carbocycles. The molecule has 0 amide bonds. The summed E-state index contributed by atoms with van der Waals surface area (Å²) in [6.45, 7) is 2.70. The van der Waals surface area contributed by atoms with Gasteiger partial charge in [-0.25, -0.2) is 13.1 Å². The van der Waals surface area contributed by atoms with Crippen LogP contribution in [-0.2, 0) is 10.0 Å². The Balaban J connectivity index is 2.40. The molecule has 0 spiro atoms. The van der Waals surface area contributed by atoms with Gasteiger partial charge in [-0.1, -0.05) is 18.2 Å². The van der Waals surface area contributed by atoms with Gasteiger partial charge in [0.15, 0.2) is 0 Å². The Morgan fingerprint density at radius 3 is 2.77 bits per heavy atom. The molecule has 22 heavy (non-hydrogen) atoms. The van der Waals surface area contributed by atoms with Crippen molar-refractivity contribution in [2.24, 2.45) is 0 Å². The van der Waals surface area contributed by atoms with Crippen LogP contribution in [0.1, 0.15) is 11.1 Å². The average molecular weight is 318 g/mol. The third-order valence-electron chi connectivity index (χ3n) is 3.38. The van der Waals surface area contributed by atoms with E-state index in [9.17, 15) is 13.7 Å². The summed E-state index contributed by atoms with van der Waals surface area (Å²) in [5.41, 5.74) is 3.12. The number of pyridine rings is 1. The van der Waals surface area contributed by atoms with E-state index >= 15 is 0 Å². The van der Waals surface area contributed by atoms with Crippen LogP contribution in [-0.4, -0.2) is 39.8 Å². The van der Waals surface area contributed by atoms with Gasteiger partial charge in [-0.3, -0.25) is 4.98 Å². The molecule has 0 saturated heterocycles. The highest BCUT2D eigenvalue weighted by Gasteiger charge is 2.14. The molecule has 1 heterocycles. The Morgan fingerprint density at radius 2 is 2.14 bits per heavy atom. The number of likely N-dealkylation sites (N-methyl/N-ethyl adjacent to an activating group) is 1. The standard InChI is InChI=1S/C15H18N4O2S/c1-11-5-4-6-13-14(11)17-10-12(9-16)15(13)19(2)8-7-18-22(3,20)21/h4-6,10,18H,7-8H2,1-3H3. The summed E-state index contributed by atoms with van der Waals surface area (Å²) in [5, 5.41) is 10.2. The number of nitrogens with one attached hydrogen (secondary N) is 1. The molecule has 116 valence electrons. The number of hydrogen-bond donors (Lipinski definition) is 1. The molecule has 0 unspecified atom stereocenters. The van der Waals surface area contributed by atoms with Gasteiger partial charge < -0.3 is 4.90 Å². The minimum Gasteiger partial charge on any atom is -0.372 e. The fourth-order valence-electron chi connectivity index (χ4n) is 2.36. The maximum atomic E-state index is 11.1. The van der Waals surface area contributed by atoms with Crippen molar-refractivity contribution in [1.82, 2.24) is 9.71 Å². The lowest BCUT2D eigenvalue weighted by Gasteiger charge is -2.22. The first-order chi connectivity index (χ1) is 10.3. The highest BCUT2D eigenvalue weighted by atomic mass is 32.2. The van der Waals surface area contributed by atoms with Crippen LogP contribution in [0.2, 0.25) is 0 Å². The number of nitrogens with zero attached hydrogens (tertiary/aromatic N) is 3. The van der Waals surface area contributed by atoms with Crippen molar-refractivity contribution in [1.29, 1.82) is 5.26 Å². The molecule has 1 aromatic carbocycles. The zero-order chi connectivity index (χ0) is 16.3. The van der Waals surface area contributed by atoms with Crippen LogP contribution in [0.3, 0.4) is 0 Å². The number of aryl methyl sites for hydroxylation is 1. The molecule has 1 N–H and O–H groups in total. The molecular weight excluding hydrogens is 300 g/mol. The quantitative estimate of drug-likeness (QED) is 0.900. The Morgan fingerprint density at radius 1 is 1.41 bits per heavy atom. The lowest BCUT2D eigenvalue weighted by Crippen LogP contribution is -2.32. The Bertz CT molecular complexity index is 840. The highest BCUT2D eigenvalue weighted by Crippen LogP contribution is 2.29. The Hall–Kier alpha value is -2.17. The van der Waals surface area contributed by atoms with Gasteiger partial charge in [0.25, 0.3) is 0 Å². The minimum absolute atomic E-state index is 0.274. The van der Waals surface area contributed by atoms with Gasteiger partial charge in [0.2, 0.25) is 10.0 Å². The zero-order valence-electron chi connectivity index (χ0n) is 12.8. The van der Waals surface area contributed by atoms with E-state index in [1.807, 2.05) is 37.1 Å². The van der Waals surface area contributed by atoms with Gasteiger partial charge in [0.05, 0.1) is 23.0 Å². The van der Waals surface area contributed by atoms with Crippen LogP contribution in [0.25, 0.3) is 10.9 Å². The van der Waals surface area contributed by atoms with Crippen LogP contribution >= 0.6 is 0 Å². The maximum Gasteiger partial charge on any atom is 0.208 e. The molecule has 0 aliphatic heterocycles. The number of sulfonamides is 1. The molecule has 7 heteroatoms. The van der Waals surface area contributed by atoms with E-state index in [0.29, 0.717) is 12.1 Å². The molecule has 0 radical (unpaired) electrons. The second kappa shape index (κ2) is 6.30. The lowest BCUT2D eigenvalue weighted by atomic mass is 10.1. The molecule has 0 atom stereocenters. The number of nitriles is 1. The highest BCUT2D eigenvalue weighted by molar-refractivity contribution is 7.88. The topological polar surface area (TPSA) is 86.1 Å². The van der Waals surface area contributed by atoms with E-state index in [2.05, 4.69) is 15.8 Å². The molecule has 0 aliphatic rings. The maximum absolute atomic E-state index is 11.1. The first-order valence-corrected chi connectivity index (χ1v) is 8.67. The molecule has 2 aromatic rings. The summed E-state index contributed by atoms with van der Waals surface area (Å²) in [6, 6.07) is 7.97. The summed E-state index contributed by atoms with van der Waals surface area (Å²) in [4.78, 5) is 6.23. The van der Waals surface area contributed by atoms with E-state index in [0.717, 1.165) is 28.4 Å². The third-order valence-corrected chi connectivity index (χ3v) is 4.11. The number of hydrogen-bond acceptors (Lipinski definition) is 5. The van der Waals surface area contributed by atoms with Crippen molar-refractivity contribution in [3.8, 4) is 6.07 Å². The summed E-state index contributed by atoms with van der Waals surface area (Å²) >= 11 is 0. The van der Waals surface area contributed by atoms with Crippen molar-refractivity contribution >= 4 is 26.6 Å². The molecule has 6 nitrogen and oxygen atoms in total. The monoisotopic (exact) mass is 318 g/mol. The second-order valence-electron chi connectivity index (χ2n) is 5.19. The van der Waals surface area contributed by atoms with Gasteiger partial charge in [0.1, 0.15) is 6.07 Å². The van der Waals surface area contributed by atoms with Crippen LogP contribution in [0.4, 0.5) is 5.69 Å². The molecule has 0 aliphatic carbocycles. The largest absolute Gasteiger partial charge is 0.372 e. The average Bonchev–Trinajstić information content (AvgIpc) is 2.44. The molecular formula is C15H18N4O2S. The van der Waals surface area contributed by atoms with Crippen molar-refractivity contribution < 1.29 is 8.42 Å². The second-order valence-corrected chi connectivity index (χ2v) is 7.02. The predicted octanol–water partition coefficient (Wildman–Crippen LogP) is 1.40. The van der Waals surface area contributed by atoms with Crippen molar-refractivity contribution in [2.45, 2.75) is 6.92 Å². The summed E-state index contributed by atoms with van der Waals surface area (Å²) in [5.74, 6) is 0. The predicted molar refractivity (Wildman–Crippen MR) is 87.3 cm³/mol. The van der Waals surface area contributed by atoms with Gasteiger partial charge in [-0.2, -0.15) is 5.26 Å². The first-order valence-electron chi connectivity index (χ1n) is 6.77. The SMILES string of the molecule is Cc1cccc2c(N(C)CCNS(C)(=O)=O)c(C#N)cnc12. The molecule has 0 fully saturated rings. The van der Waals surface area contributed by atoms with Crippen molar-refractivity contribution in [3.05, 3.63) is 35.5 Å². The number of anilines is 1. The molecule has 1 aromatic heterocycles. The van der Waals surface area contributed by atoms with Gasteiger partial charge in [-0.05, 0) is 12.5 Å². The Kier molecular flexibility index (Phi) is 4.64. The fourth-order valence-corrected chi connectivity index (χ4v) is 2.82. The number of benzene rings is 1. The third kappa shape index (κ3) is 3.53. The van der Waals surface area contributed by atoms with Crippen LogP contribution in [0.5, 0.6) is 0 Å². The zero-order valence-corrected chi connectivity index (χ0v) is 13.6. The minimum atomic E-state index is -3.22. The van der Waals surface area contributed by atoms with E-state index in [-0.39, 0.29) is 6.54 Å². The fraction of sp³-hybridized carbons (Fsp3) is 0.333. The first kappa shape index (κ1) is 16.2. The smallest absolute Gasteiger partial charge is 0.208 e. The van der Waals surface area contributed by atoms with E-state index in [1.165, 1.54) is 0 Å². The van der Waals surface area contributed by atoms with E-state index in [4.69, 9.17) is 0 Å². The van der Waals surface area contributed by atoms with Gasteiger partial charge in [0, 0.05) is 31.7 Å². The van der Waals surface area contributed by atoms with Gasteiger partial charge >= 0.3 is 0 Å². The number of fused-ring (bicyclic) bond motifs is 1. The lowest BCUT2D eigenvalue weighted by molar-refractivity contribution is 0.588.